The number of hydrogen-bond acceptors (Lipinski definition) is 9. The van der Waals surface area contributed by atoms with Gasteiger partial charge in [-0.1, -0.05) is 41.4 Å². The molecule has 4 atom stereocenters. The molecule has 2 saturated carbocycles. The maximum atomic E-state index is 12.1. The van der Waals surface area contributed by atoms with E-state index in [-0.39, 0.29) is 12.1 Å². The van der Waals surface area contributed by atoms with Gasteiger partial charge in [-0.25, -0.2) is 4.79 Å². The molecule has 2 aromatic carbocycles. The number of aliphatic hydroxyl groups is 5. The number of amides is 2. The fraction of sp³-hybridized carbons (Fsp3) is 0.486. The van der Waals surface area contributed by atoms with E-state index in [4.69, 9.17) is 33.0 Å². The molecule has 13 heteroatoms. The minimum absolute atomic E-state index is 0.217. The maximum Gasteiger partial charge on any atom is 0.314 e. The van der Waals surface area contributed by atoms with E-state index >= 15 is 0 Å². The average Bonchev–Trinajstić information content (AvgIpc) is 4.04. The zero-order valence-corrected chi connectivity index (χ0v) is 28.1. The Bertz CT molecular complexity index is 1540. The number of pyridine rings is 1. The zero-order valence-electron chi connectivity index (χ0n) is 26.6. The number of nitrogens with one attached hydrogen (secondary N) is 3. The Hall–Kier alpha value is -3.00. The minimum Gasteiger partial charge on any atom is -0.490 e. The highest BCUT2D eigenvalue weighted by Gasteiger charge is 2.46. The van der Waals surface area contributed by atoms with Gasteiger partial charge in [0.1, 0.15) is 24.1 Å². The number of halogens is 2. The summed E-state index contributed by atoms with van der Waals surface area (Å²) in [5, 5.41) is 57.7. The standard InChI is InChI=1S/C35H44Cl2N4O7/c36-27-16-22(28(37)15-21(27)5-3-4-13-39-34(47)40-19-29(43)32(45)33(46)30(44)20-42)17-41-35(11-12-35)26-18-38-14-10-24(26)25-6-1-2-7-31(25)48-23-8-9-23/h1-2,6-7,10,14-16,18,23,29-30,32-33,41-46H,3-5,8-9,11-13,17,19-20H2,(H2,39,40,47). The summed E-state index contributed by atoms with van der Waals surface area (Å²) in [5.74, 6) is 0.901. The van der Waals surface area contributed by atoms with Crippen LogP contribution in [0.4, 0.5) is 4.79 Å². The van der Waals surface area contributed by atoms with Crippen molar-refractivity contribution in [2.24, 2.45) is 0 Å². The van der Waals surface area contributed by atoms with Crippen molar-refractivity contribution in [2.45, 2.75) is 87.5 Å². The molecule has 260 valence electrons. The number of hydrogen-bond donors (Lipinski definition) is 8. The Balaban J connectivity index is 1.09. The van der Waals surface area contributed by atoms with Gasteiger partial charge in [-0.2, -0.15) is 0 Å². The summed E-state index contributed by atoms with van der Waals surface area (Å²) in [6.45, 7) is -0.233. The monoisotopic (exact) mass is 702 g/mol. The Morgan fingerprint density at radius 3 is 2.38 bits per heavy atom. The molecule has 2 fully saturated rings. The van der Waals surface area contributed by atoms with Crippen LogP contribution in [-0.2, 0) is 18.5 Å². The molecule has 2 amide bonds. The largest absolute Gasteiger partial charge is 0.490 e. The molecule has 0 spiro atoms. The van der Waals surface area contributed by atoms with Crippen molar-refractivity contribution in [3.8, 4) is 16.9 Å². The molecule has 4 unspecified atom stereocenters. The van der Waals surface area contributed by atoms with Crippen molar-refractivity contribution >= 4 is 29.2 Å². The summed E-state index contributed by atoms with van der Waals surface area (Å²) < 4.78 is 6.23. The molecule has 1 heterocycles. The van der Waals surface area contributed by atoms with Gasteiger partial charge in [-0.15, -0.1) is 0 Å². The lowest BCUT2D eigenvalue weighted by atomic mass is 9.94. The number of para-hydroxylation sites is 1. The van der Waals surface area contributed by atoms with Crippen LogP contribution in [0.1, 0.15) is 55.2 Å². The van der Waals surface area contributed by atoms with Crippen molar-refractivity contribution in [3.05, 3.63) is 81.6 Å². The second-order valence-electron chi connectivity index (χ2n) is 12.6. The lowest BCUT2D eigenvalue weighted by Crippen LogP contribution is -2.50. The van der Waals surface area contributed by atoms with Crippen LogP contribution in [-0.4, -0.2) is 86.8 Å². The van der Waals surface area contributed by atoms with Crippen LogP contribution >= 0.6 is 23.2 Å². The third kappa shape index (κ3) is 9.36. The molecule has 2 aliphatic rings. The van der Waals surface area contributed by atoms with Crippen LogP contribution in [0, 0.1) is 0 Å². The number of carbonyl (C=O) groups excluding carboxylic acids is 1. The van der Waals surface area contributed by atoms with Crippen LogP contribution in [0.25, 0.3) is 11.1 Å². The number of aryl methyl sites for hydroxylation is 1. The van der Waals surface area contributed by atoms with Crippen LogP contribution < -0.4 is 20.7 Å². The Labute approximate surface area is 290 Å². The first-order chi connectivity index (χ1) is 23.1. The molecule has 48 heavy (non-hydrogen) atoms. The van der Waals surface area contributed by atoms with Crippen LogP contribution in [0.3, 0.4) is 0 Å². The molecule has 0 bridgehead atoms. The summed E-state index contributed by atoms with van der Waals surface area (Å²) in [4.78, 5) is 16.5. The molecule has 8 N–H and O–H groups in total. The lowest BCUT2D eigenvalue weighted by Gasteiger charge is -2.25. The predicted octanol–water partition coefficient (Wildman–Crippen LogP) is 3.43. The van der Waals surface area contributed by atoms with E-state index in [2.05, 4.69) is 33.1 Å². The number of aromatic nitrogens is 1. The fourth-order valence-electron chi connectivity index (χ4n) is 5.64. The SMILES string of the molecule is O=C(NCCCCc1cc(Cl)c(CNC2(c3cnccc3-c3ccccc3OC3CC3)CC2)cc1Cl)NCC(O)C(O)C(O)C(O)CO. The van der Waals surface area contributed by atoms with Crippen LogP contribution in [0.5, 0.6) is 5.75 Å². The Morgan fingerprint density at radius 1 is 0.938 bits per heavy atom. The van der Waals surface area contributed by atoms with Gasteiger partial charge in [0.2, 0.25) is 0 Å². The van der Waals surface area contributed by atoms with Gasteiger partial charge in [0.05, 0.1) is 18.8 Å². The molecule has 2 aliphatic carbocycles. The topological polar surface area (TPSA) is 176 Å². The Morgan fingerprint density at radius 2 is 1.65 bits per heavy atom. The van der Waals surface area contributed by atoms with E-state index in [1.165, 1.54) is 0 Å². The van der Waals surface area contributed by atoms with Gasteiger partial charge >= 0.3 is 6.03 Å². The van der Waals surface area contributed by atoms with Crippen molar-refractivity contribution in [3.63, 3.8) is 0 Å². The van der Waals surface area contributed by atoms with Crippen molar-refractivity contribution in [2.75, 3.05) is 19.7 Å². The molecular formula is C35H44Cl2N4O7. The number of urea groups is 1. The van der Waals surface area contributed by atoms with Gasteiger partial charge in [0.15, 0.2) is 0 Å². The average molecular weight is 704 g/mol. The number of carbonyl (C=O) groups is 1. The quantitative estimate of drug-likeness (QED) is 0.0923. The van der Waals surface area contributed by atoms with E-state index in [0.717, 1.165) is 65.7 Å². The smallest absolute Gasteiger partial charge is 0.314 e. The van der Waals surface area contributed by atoms with Crippen molar-refractivity contribution in [1.82, 2.24) is 20.9 Å². The summed E-state index contributed by atoms with van der Waals surface area (Å²) in [6, 6.07) is 13.5. The van der Waals surface area contributed by atoms with Gasteiger partial charge in [0, 0.05) is 53.2 Å². The summed E-state index contributed by atoms with van der Waals surface area (Å²) in [5.41, 5.74) is 4.93. The molecule has 0 radical (unpaired) electrons. The predicted molar refractivity (Wildman–Crippen MR) is 183 cm³/mol. The molecule has 5 rings (SSSR count). The zero-order chi connectivity index (χ0) is 34.3. The first-order valence-electron chi connectivity index (χ1n) is 16.4. The first kappa shape index (κ1) is 36.3. The summed E-state index contributed by atoms with van der Waals surface area (Å²) >= 11 is 13.4. The molecular weight excluding hydrogens is 659 g/mol. The van der Waals surface area contributed by atoms with E-state index < -0.39 is 37.1 Å². The molecule has 0 saturated heterocycles. The number of unbranched alkanes of at least 4 members (excludes halogenated alkanes) is 1. The minimum atomic E-state index is -1.75. The van der Waals surface area contributed by atoms with Crippen molar-refractivity contribution < 1.29 is 35.1 Å². The summed E-state index contributed by atoms with van der Waals surface area (Å²) in [7, 11) is 0. The van der Waals surface area contributed by atoms with E-state index in [0.29, 0.717) is 42.1 Å². The number of benzene rings is 2. The highest BCUT2D eigenvalue weighted by Crippen LogP contribution is 2.50. The maximum absolute atomic E-state index is 12.1. The van der Waals surface area contributed by atoms with Crippen molar-refractivity contribution in [1.29, 1.82) is 0 Å². The molecule has 3 aromatic rings. The fourth-order valence-corrected chi connectivity index (χ4v) is 6.17. The van der Waals surface area contributed by atoms with Gasteiger partial charge in [-0.05, 0) is 91.5 Å². The second-order valence-corrected chi connectivity index (χ2v) is 13.4. The molecule has 1 aromatic heterocycles. The van der Waals surface area contributed by atoms with Gasteiger partial charge < -0.3 is 46.2 Å². The van der Waals surface area contributed by atoms with E-state index in [1.807, 2.05) is 42.7 Å². The first-order valence-corrected chi connectivity index (χ1v) is 17.1. The highest BCUT2D eigenvalue weighted by atomic mass is 35.5. The van der Waals surface area contributed by atoms with Crippen LogP contribution in [0.15, 0.2) is 54.9 Å². The third-order valence-corrected chi connectivity index (χ3v) is 9.57. The summed E-state index contributed by atoms with van der Waals surface area (Å²) in [6.07, 6.45) is 3.64. The van der Waals surface area contributed by atoms with Gasteiger partial charge in [-0.3, -0.25) is 4.98 Å². The molecule has 0 aliphatic heterocycles. The second kappa shape index (κ2) is 16.6. The highest BCUT2D eigenvalue weighted by molar-refractivity contribution is 6.34. The number of ether oxygens (including phenoxy) is 1. The lowest BCUT2D eigenvalue weighted by molar-refractivity contribution is -0.113. The van der Waals surface area contributed by atoms with Crippen LogP contribution in [0.2, 0.25) is 10.0 Å². The Kier molecular flexibility index (Phi) is 12.6. The third-order valence-electron chi connectivity index (χ3n) is 8.87. The number of aliphatic hydroxyl groups excluding tert-OH is 5. The van der Waals surface area contributed by atoms with Gasteiger partial charge in [0.25, 0.3) is 0 Å². The van der Waals surface area contributed by atoms with E-state index in [9.17, 15) is 25.2 Å². The van der Waals surface area contributed by atoms with E-state index in [1.54, 1.807) is 0 Å². The normalized spacial score (nSPS) is 17.6. The number of rotatable bonds is 18. The number of nitrogens with zero attached hydrogens (tertiary/aromatic N) is 1. The molecule has 11 nitrogen and oxygen atoms in total.